The SMILES string of the molecule is CCNCCOc1ccc(S(=O)(=O)NC(C)(C)C)cc1. The maximum Gasteiger partial charge on any atom is 0.241 e. The molecule has 0 aliphatic rings. The Morgan fingerprint density at radius 2 is 1.75 bits per heavy atom. The average Bonchev–Trinajstić information content (AvgIpc) is 2.32. The van der Waals surface area contributed by atoms with E-state index in [0.717, 1.165) is 13.1 Å². The molecule has 2 N–H and O–H groups in total. The number of nitrogens with one attached hydrogen (secondary N) is 2. The molecular formula is C14H24N2O3S. The zero-order valence-corrected chi connectivity index (χ0v) is 13.4. The molecule has 0 spiro atoms. The molecule has 0 atom stereocenters. The minimum Gasteiger partial charge on any atom is -0.492 e. The van der Waals surface area contributed by atoms with E-state index in [-0.39, 0.29) is 4.90 Å². The lowest BCUT2D eigenvalue weighted by Gasteiger charge is -2.20. The molecule has 5 nitrogen and oxygen atoms in total. The first-order valence-electron chi connectivity index (χ1n) is 6.72. The van der Waals surface area contributed by atoms with Gasteiger partial charge in [0, 0.05) is 12.1 Å². The Bertz CT molecular complexity index is 504. The summed E-state index contributed by atoms with van der Waals surface area (Å²) in [7, 11) is -3.48. The van der Waals surface area contributed by atoms with E-state index in [9.17, 15) is 8.42 Å². The number of likely N-dealkylation sites (N-methyl/N-ethyl adjacent to an activating group) is 1. The summed E-state index contributed by atoms with van der Waals surface area (Å²) >= 11 is 0. The van der Waals surface area contributed by atoms with Crippen molar-refractivity contribution in [2.24, 2.45) is 0 Å². The zero-order chi connectivity index (χ0) is 15.2. The second-order valence-corrected chi connectivity index (χ2v) is 7.21. The van der Waals surface area contributed by atoms with Gasteiger partial charge < -0.3 is 10.1 Å². The molecule has 1 rings (SSSR count). The van der Waals surface area contributed by atoms with E-state index >= 15 is 0 Å². The van der Waals surface area contributed by atoms with Gasteiger partial charge in [0.05, 0.1) is 4.90 Å². The largest absolute Gasteiger partial charge is 0.492 e. The van der Waals surface area contributed by atoms with Crippen LogP contribution in [0.1, 0.15) is 27.7 Å². The molecule has 114 valence electrons. The summed E-state index contributed by atoms with van der Waals surface area (Å²) in [6.07, 6.45) is 0. The van der Waals surface area contributed by atoms with Gasteiger partial charge in [-0.15, -0.1) is 0 Å². The Hall–Kier alpha value is -1.11. The highest BCUT2D eigenvalue weighted by Crippen LogP contribution is 2.17. The van der Waals surface area contributed by atoms with E-state index in [1.54, 1.807) is 24.3 Å². The fraction of sp³-hybridized carbons (Fsp3) is 0.571. The first kappa shape index (κ1) is 16.9. The molecule has 0 bridgehead atoms. The van der Waals surface area contributed by atoms with Crippen molar-refractivity contribution in [2.75, 3.05) is 19.7 Å². The highest BCUT2D eigenvalue weighted by molar-refractivity contribution is 7.89. The van der Waals surface area contributed by atoms with Gasteiger partial charge >= 0.3 is 0 Å². The van der Waals surface area contributed by atoms with Crippen LogP contribution in [0.3, 0.4) is 0 Å². The normalized spacial score (nSPS) is 12.4. The number of hydrogen-bond acceptors (Lipinski definition) is 4. The summed E-state index contributed by atoms with van der Waals surface area (Å²) in [5, 5.41) is 3.15. The fourth-order valence-electron chi connectivity index (χ4n) is 1.59. The lowest BCUT2D eigenvalue weighted by Crippen LogP contribution is -2.40. The number of hydrogen-bond donors (Lipinski definition) is 2. The van der Waals surface area contributed by atoms with E-state index in [2.05, 4.69) is 10.0 Å². The van der Waals surface area contributed by atoms with Crippen LogP contribution < -0.4 is 14.8 Å². The van der Waals surface area contributed by atoms with Crippen molar-refractivity contribution in [2.45, 2.75) is 38.1 Å². The zero-order valence-electron chi connectivity index (χ0n) is 12.6. The number of ether oxygens (including phenoxy) is 1. The predicted molar refractivity (Wildman–Crippen MR) is 80.6 cm³/mol. The Balaban J connectivity index is 2.66. The number of rotatable bonds is 7. The Morgan fingerprint density at radius 1 is 1.15 bits per heavy atom. The molecule has 0 aromatic heterocycles. The molecule has 0 aliphatic carbocycles. The molecule has 0 radical (unpaired) electrons. The maximum atomic E-state index is 12.1. The van der Waals surface area contributed by atoms with Crippen LogP contribution in [0.5, 0.6) is 5.75 Å². The van der Waals surface area contributed by atoms with Gasteiger partial charge in [-0.25, -0.2) is 13.1 Å². The number of benzene rings is 1. The van der Waals surface area contributed by atoms with Crippen molar-refractivity contribution in [3.63, 3.8) is 0 Å². The summed E-state index contributed by atoms with van der Waals surface area (Å²) in [5.41, 5.74) is -0.500. The maximum absolute atomic E-state index is 12.1. The van der Waals surface area contributed by atoms with Gasteiger partial charge in [0.15, 0.2) is 0 Å². The summed E-state index contributed by atoms with van der Waals surface area (Å²) in [4.78, 5) is 0.242. The molecule has 0 saturated heterocycles. The van der Waals surface area contributed by atoms with Crippen LogP contribution in [0.4, 0.5) is 0 Å². The molecule has 0 saturated carbocycles. The van der Waals surface area contributed by atoms with E-state index < -0.39 is 15.6 Å². The highest BCUT2D eigenvalue weighted by Gasteiger charge is 2.21. The van der Waals surface area contributed by atoms with Gasteiger partial charge in [-0.3, -0.25) is 0 Å². The van der Waals surface area contributed by atoms with E-state index in [0.29, 0.717) is 12.4 Å². The highest BCUT2D eigenvalue weighted by atomic mass is 32.2. The molecule has 6 heteroatoms. The Morgan fingerprint density at radius 3 is 2.25 bits per heavy atom. The Labute approximate surface area is 121 Å². The fourth-order valence-corrected chi connectivity index (χ4v) is 3.01. The average molecular weight is 300 g/mol. The van der Waals surface area contributed by atoms with Crippen LogP contribution in [-0.2, 0) is 10.0 Å². The first-order valence-corrected chi connectivity index (χ1v) is 8.20. The standard InChI is InChI=1S/C14H24N2O3S/c1-5-15-10-11-19-12-6-8-13(9-7-12)20(17,18)16-14(2,3)4/h6-9,15-16H,5,10-11H2,1-4H3. The summed E-state index contributed by atoms with van der Waals surface area (Å²) in [6, 6.07) is 6.44. The summed E-state index contributed by atoms with van der Waals surface area (Å²) < 4.78 is 32.3. The number of sulfonamides is 1. The molecule has 0 unspecified atom stereocenters. The molecule has 1 aromatic carbocycles. The minimum atomic E-state index is -3.48. The second kappa shape index (κ2) is 7.06. The van der Waals surface area contributed by atoms with Gasteiger partial charge in [0.1, 0.15) is 12.4 Å². The quantitative estimate of drug-likeness (QED) is 0.753. The van der Waals surface area contributed by atoms with Crippen molar-refractivity contribution in [3.05, 3.63) is 24.3 Å². The topological polar surface area (TPSA) is 67.4 Å². The van der Waals surface area contributed by atoms with Gasteiger partial charge in [-0.05, 0) is 51.6 Å². The predicted octanol–water partition coefficient (Wildman–Crippen LogP) is 1.75. The molecule has 0 aliphatic heterocycles. The van der Waals surface area contributed by atoms with Gasteiger partial charge in [-0.1, -0.05) is 6.92 Å². The second-order valence-electron chi connectivity index (χ2n) is 5.53. The third kappa shape index (κ3) is 5.90. The molecule has 0 amide bonds. The van der Waals surface area contributed by atoms with E-state index in [1.807, 2.05) is 27.7 Å². The molecule has 0 heterocycles. The lowest BCUT2D eigenvalue weighted by atomic mass is 10.1. The summed E-state index contributed by atoms with van der Waals surface area (Å²) in [5.74, 6) is 0.664. The lowest BCUT2D eigenvalue weighted by molar-refractivity contribution is 0.315. The monoisotopic (exact) mass is 300 g/mol. The van der Waals surface area contributed by atoms with Crippen LogP contribution in [0.25, 0.3) is 0 Å². The van der Waals surface area contributed by atoms with Crippen LogP contribution in [0, 0.1) is 0 Å². The van der Waals surface area contributed by atoms with Crippen molar-refractivity contribution in [3.8, 4) is 5.75 Å². The van der Waals surface area contributed by atoms with Crippen LogP contribution in [0.15, 0.2) is 29.2 Å². The van der Waals surface area contributed by atoms with Gasteiger partial charge in [-0.2, -0.15) is 0 Å². The Kier molecular flexibility index (Phi) is 5.98. The third-order valence-electron chi connectivity index (χ3n) is 2.37. The van der Waals surface area contributed by atoms with Crippen LogP contribution in [-0.4, -0.2) is 33.7 Å². The van der Waals surface area contributed by atoms with Crippen LogP contribution >= 0.6 is 0 Å². The van der Waals surface area contributed by atoms with Crippen molar-refractivity contribution >= 4 is 10.0 Å². The third-order valence-corrected chi connectivity index (χ3v) is 4.15. The summed E-state index contributed by atoms with van der Waals surface area (Å²) in [6.45, 7) is 9.68. The molecule has 0 fully saturated rings. The smallest absolute Gasteiger partial charge is 0.241 e. The molecule has 20 heavy (non-hydrogen) atoms. The first-order chi connectivity index (χ1) is 9.24. The van der Waals surface area contributed by atoms with Gasteiger partial charge in [0.25, 0.3) is 0 Å². The van der Waals surface area contributed by atoms with Crippen molar-refractivity contribution < 1.29 is 13.2 Å². The van der Waals surface area contributed by atoms with Crippen LogP contribution in [0.2, 0.25) is 0 Å². The van der Waals surface area contributed by atoms with E-state index in [1.165, 1.54) is 0 Å². The van der Waals surface area contributed by atoms with Crippen molar-refractivity contribution in [1.82, 2.24) is 10.0 Å². The molecule has 1 aromatic rings. The van der Waals surface area contributed by atoms with E-state index in [4.69, 9.17) is 4.74 Å². The minimum absolute atomic E-state index is 0.242. The van der Waals surface area contributed by atoms with Gasteiger partial charge in [0.2, 0.25) is 10.0 Å². The van der Waals surface area contributed by atoms with Crippen molar-refractivity contribution in [1.29, 1.82) is 0 Å². The molecular weight excluding hydrogens is 276 g/mol.